The van der Waals surface area contributed by atoms with Gasteiger partial charge < -0.3 is 70.3 Å². The number of aliphatic hydroxyl groups excluding tert-OH is 8. The number of hydrogen-bond acceptors (Lipinski definition) is 18. The van der Waals surface area contributed by atoms with Gasteiger partial charge >= 0.3 is 0 Å². The molecule has 0 fully saturated rings. The van der Waals surface area contributed by atoms with Crippen molar-refractivity contribution in [1.82, 2.24) is 39.9 Å². The Bertz CT molecular complexity index is 7590. The van der Waals surface area contributed by atoms with Gasteiger partial charge in [0.05, 0.1) is 107 Å². The summed E-state index contributed by atoms with van der Waals surface area (Å²) in [6, 6.07) is 96.5. The molecule has 4 aromatic heterocycles. The number of allylic oxidation sites excluding steroid dienone is 4. The molecular formula is C116H108Ir4N8O10-4. The van der Waals surface area contributed by atoms with E-state index in [0.29, 0.717) is 11.5 Å². The molecule has 0 saturated heterocycles. The Morgan fingerprint density at radius 2 is 0.638 bits per heavy atom. The van der Waals surface area contributed by atoms with Gasteiger partial charge in [-0.3, -0.25) is 19.9 Å². The molecule has 22 heteroatoms. The van der Waals surface area contributed by atoms with Crippen molar-refractivity contribution >= 4 is 130 Å². The van der Waals surface area contributed by atoms with E-state index < -0.39 is 24.4 Å². The zero-order valence-electron chi connectivity index (χ0n) is 79.3. The zero-order valence-corrected chi connectivity index (χ0v) is 88.9. The van der Waals surface area contributed by atoms with Crippen LogP contribution in [0.5, 0.6) is 11.5 Å². The number of methoxy groups -OCH3 is 2. The molecule has 0 saturated carbocycles. The van der Waals surface area contributed by atoms with Gasteiger partial charge in [0, 0.05) is 150 Å². The predicted octanol–water partition coefficient (Wildman–Crippen LogP) is 26.8. The topological polar surface area (TPSA) is 283 Å². The molecule has 4 heterocycles. The van der Waals surface area contributed by atoms with Crippen LogP contribution in [0, 0.1) is 65.8 Å². The molecule has 20 rings (SSSR count). The first kappa shape index (κ1) is 109. The molecule has 18 nitrogen and oxygen atoms in total. The summed E-state index contributed by atoms with van der Waals surface area (Å²) >= 11 is 0. The summed E-state index contributed by atoms with van der Waals surface area (Å²) in [5.74, 6) is 2.00. The minimum absolute atomic E-state index is 0. The van der Waals surface area contributed by atoms with E-state index in [1.807, 2.05) is 146 Å². The second kappa shape index (κ2) is 50.5. The molecule has 712 valence electrons. The number of benzene rings is 16. The molecule has 0 aliphatic heterocycles. The number of hydrogen-bond donors (Lipinski definition) is 8. The van der Waals surface area contributed by atoms with Crippen molar-refractivity contribution in [2.75, 3.05) is 14.2 Å². The van der Waals surface area contributed by atoms with Gasteiger partial charge in [0.2, 0.25) is 0 Å². The van der Waals surface area contributed by atoms with Crippen molar-refractivity contribution in [2.45, 2.75) is 121 Å². The fourth-order valence-electron chi connectivity index (χ4n) is 16.1. The number of rotatable bonds is 10. The molecule has 4 atom stereocenters. The summed E-state index contributed by atoms with van der Waals surface area (Å²) in [6.07, 6.45) is 10.7. The molecule has 0 spiro atoms. The minimum atomic E-state index is -0.537. The monoisotopic (exact) mass is 2540 g/mol. The van der Waals surface area contributed by atoms with Crippen LogP contribution in [-0.2, 0) is 80.4 Å². The van der Waals surface area contributed by atoms with Crippen molar-refractivity contribution in [3.8, 4) is 56.5 Å². The maximum Gasteiger partial charge on any atom is 0.161 e. The van der Waals surface area contributed by atoms with Crippen LogP contribution >= 0.6 is 0 Å². The summed E-state index contributed by atoms with van der Waals surface area (Å²) in [5, 5.41) is 85.5. The number of ether oxygens (including phenoxy) is 2. The second-order valence-corrected chi connectivity index (χ2v) is 33.1. The smallest absolute Gasteiger partial charge is 0.161 e. The summed E-state index contributed by atoms with van der Waals surface area (Å²) in [5.41, 5.74) is 22.3. The Labute approximate surface area is 858 Å². The fraction of sp³-hybridized carbons (Fsp3) is 0.172. The van der Waals surface area contributed by atoms with Crippen LogP contribution < -0.4 is 9.47 Å². The number of aryl methyl sites for hydroxylation is 6. The van der Waals surface area contributed by atoms with Gasteiger partial charge in [-0.25, -0.2) is 0 Å². The summed E-state index contributed by atoms with van der Waals surface area (Å²) in [6.45, 7) is 25.1. The molecule has 20 aromatic rings. The van der Waals surface area contributed by atoms with Crippen LogP contribution in [0.1, 0.15) is 88.8 Å². The molecule has 0 aliphatic rings. The Kier molecular flexibility index (Phi) is 39.8. The predicted molar refractivity (Wildman–Crippen MR) is 549 cm³/mol. The number of aromatic nitrogens is 8. The van der Waals surface area contributed by atoms with Gasteiger partial charge in [-0.2, -0.15) is 0 Å². The molecule has 4 unspecified atom stereocenters. The van der Waals surface area contributed by atoms with E-state index in [9.17, 15) is 0 Å². The molecule has 138 heavy (non-hydrogen) atoms. The van der Waals surface area contributed by atoms with Crippen molar-refractivity contribution in [1.29, 1.82) is 0 Å². The van der Waals surface area contributed by atoms with Crippen LogP contribution in [0.15, 0.2) is 315 Å². The van der Waals surface area contributed by atoms with Crippen molar-refractivity contribution < 1.29 is 131 Å². The van der Waals surface area contributed by atoms with Gasteiger partial charge in [0.1, 0.15) is 0 Å². The first-order chi connectivity index (χ1) is 64.4. The van der Waals surface area contributed by atoms with E-state index in [1.54, 1.807) is 41.9 Å². The average molecular weight is 2540 g/mol. The van der Waals surface area contributed by atoms with E-state index in [4.69, 9.17) is 90.2 Å². The summed E-state index contributed by atoms with van der Waals surface area (Å²) in [7, 11) is 3.29. The van der Waals surface area contributed by atoms with Crippen LogP contribution in [0.3, 0.4) is 0 Å². The van der Waals surface area contributed by atoms with Gasteiger partial charge in [0.25, 0.3) is 0 Å². The molecule has 4 radical (unpaired) electrons. The number of nitrogens with zero attached hydrogens (tertiary/aromatic N) is 8. The molecule has 0 bridgehead atoms. The third-order valence-electron chi connectivity index (χ3n) is 21.8. The molecular weight excluding hydrogens is 2430 g/mol. The third-order valence-corrected chi connectivity index (χ3v) is 21.8. The Morgan fingerprint density at radius 1 is 0.297 bits per heavy atom. The normalized spacial score (nSPS) is 12.1. The summed E-state index contributed by atoms with van der Waals surface area (Å²) in [4.78, 5) is 39.2. The van der Waals surface area contributed by atoms with Gasteiger partial charge in [-0.05, 0) is 145 Å². The maximum atomic E-state index is 8.49. The third kappa shape index (κ3) is 26.7. The Morgan fingerprint density at radius 3 is 1.07 bits per heavy atom. The van der Waals surface area contributed by atoms with E-state index >= 15 is 0 Å². The number of fused-ring (bicyclic) bond motifs is 24. The first-order valence-corrected chi connectivity index (χ1v) is 44.1. The Hall–Kier alpha value is -12.8. The molecule has 0 aliphatic carbocycles. The van der Waals surface area contributed by atoms with Crippen molar-refractivity contribution in [3.05, 3.63) is 372 Å². The van der Waals surface area contributed by atoms with E-state index in [1.165, 1.54) is 118 Å². The van der Waals surface area contributed by atoms with E-state index in [-0.39, 0.29) is 103 Å². The van der Waals surface area contributed by atoms with Crippen molar-refractivity contribution in [2.24, 2.45) is 0 Å². The van der Waals surface area contributed by atoms with Crippen LogP contribution in [0.4, 0.5) is 0 Å². The van der Waals surface area contributed by atoms with Crippen LogP contribution in [0.25, 0.3) is 175 Å². The Balaban J connectivity index is 0.000000187. The standard InChI is InChI=1S/C24H17N2O2.3C24H17N2.4C5H10O2.4Ir/c1-27-21-12-18-16-10-6-7-11-17(16)23-24(19(18)13-22(21)28-2)26-20(14-25-23)15-8-4-3-5-9-15;1-15-11-12-18-20(13-15)24-23(19-10-6-7-16(2)22(18)19)25-14-21(26-24)17-8-4-3-5-9-17;1-15-11-12-19-20(13-15)18-10-6-7-16(2)22(18)24-23(19)25-14-21(26-24)17-8-4-3-5-9-17;1-15-8-10-18-19-11-9-16(2)13-21(19)24-23(20(18)12-15)25-14-22(26-24)17-6-4-3-5-7-17;4*1-4(6)3-5(2)7;;;;/h3-10,12-14H,1-2H3;3-9,11-14H,1-2H3;2*3-11,13-14H,1-2H3;4*3-4,6-7H,1-2H3;;;;/q4*-1;;;;;;;;. The summed E-state index contributed by atoms with van der Waals surface area (Å²) < 4.78 is 11.1. The SMILES string of the molecule is CC(O)=CC(C)O.CC(O)=CC(C)O.CC(O)=CC(C)O.CC(O)=CC(C)O.COc1cc2c3ccc[c-]c3c3ncc(-c4ccccc4)nc3c2cc1OC.Cc1[c-]c2c(cc1)c1ccc(C)cc1c1nc(-c3ccccc3)cnc21.Cc1c[c-]c2c(c1)c1cccc(C)c1c1nc(-c3ccccc3)cnc21.Cc1ccc2c(c1)c1nc(-c3ccccc3)cnc1c1[c-]ccc(C)c12.[Ir].[Ir].[Ir].[Ir]. The second-order valence-electron chi connectivity index (χ2n) is 33.1. The zero-order chi connectivity index (χ0) is 95.6. The largest absolute Gasteiger partial charge is 0.513 e. The molecule has 0 amide bonds. The molecule has 16 aromatic carbocycles. The maximum absolute atomic E-state index is 8.49. The fourth-order valence-corrected chi connectivity index (χ4v) is 16.1. The first-order valence-electron chi connectivity index (χ1n) is 44.1. The van der Waals surface area contributed by atoms with E-state index in [2.05, 4.69) is 187 Å². The van der Waals surface area contributed by atoms with E-state index in [0.717, 1.165) is 143 Å². The van der Waals surface area contributed by atoms with Crippen molar-refractivity contribution in [3.63, 3.8) is 0 Å². The average Bonchev–Trinajstić information content (AvgIpc) is 0.747. The van der Waals surface area contributed by atoms with Crippen LogP contribution in [0.2, 0.25) is 0 Å². The van der Waals surface area contributed by atoms with Crippen LogP contribution in [-0.4, -0.2) is 119 Å². The van der Waals surface area contributed by atoms with Gasteiger partial charge in [0.15, 0.2) is 11.5 Å². The van der Waals surface area contributed by atoms with Gasteiger partial charge in [-0.1, -0.05) is 246 Å². The number of aliphatic hydroxyl groups is 8. The van der Waals surface area contributed by atoms with Gasteiger partial charge in [-0.15, -0.1) is 117 Å². The minimum Gasteiger partial charge on any atom is -0.513 e. The quantitative estimate of drug-likeness (QED) is 0.0359. The molecule has 8 N–H and O–H groups in total.